The Bertz CT molecular complexity index is 630. The van der Waals surface area contributed by atoms with Crippen molar-refractivity contribution in [2.45, 2.75) is 20.8 Å². The second kappa shape index (κ2) is 11.0. The third kappa shape index (κ3) is 8.67. The van der Waals surface area contributed by atoms with Gasteiger partial charge in [-0.2, -0.15) is 0 Å². The number of carbonyl (C=O) groups is 2. The fourth-order valence-corrected chi connectivity index (χ4v) is 1.78. The summed E-state index contributed by atoms with van der Waals surface area (Å²) < 4.78 is 4.84. The molecule has 0 aliphatic heterocycles. The molecule has 1 aromatic carbocycles. The molecule has 0 spiro atoms. The zero-order chi connectivity index (χ0) is 19.5. The SMILES string of the molecule is C=C(C(=O)OCCN)C(C)(C)C=C(C)C(=O)O.C=Cc1ccccc1. The standard InChI is InChI=1S/C12H19NO4.C8H8/c1-8(10(14)15)7-12(3,4)9(2)11(16)17-6-5-13;1-2-8-6-4-3-5-7-8/h7H,2,5-6,13H2,1,3-4H3,(H,14,15);2-7H,1H2. The van der Waals surface area contributed by atoms with Crippen molar-refractivity contribution in [1.29, 1.82) is 0 Å². The Morgan fingerprint density at radius 1 is 1.28 bits per heavy atom. The molecule has 0 amide bonds. The Balaban J connectivity index is 0.000000593. The highest BCUT2D eigenvalue weighted by Crippen LogP contribution is 2.29. The molecular formula is C20H27NO4. The van der Waals surface area contributed by atoms with E-state index in [2.05, 4.69) is 13.2 Å². The molecule has 1 rings (SSSR count). The number of carboxylic acids is 1. The number of ether oxygens (including phenoxy) is 1. The molecule has 0 aliphatic carbocycles. The summed E-state index contributed by atoms with van der Waals surface area (Å²) in [5, 5.41) is 8.78. The molecule has 0 aliphatic rings. The van der Waals surface area contributed by atoms with Gasteiger partial charge < -0.3 is 15.6 Å². The number of allylic oxidation sites excluding steroid dienone is 1. The fraction of sp³-hybridized carbons (Fsp3) is 0.300. The minimum atomic E-state index is -1.03. The van der Waals surface area contributed by atoms with Crippen molar-refractivity contribution in [1.82, 2.24) is 0 Å². The van der Waals surface area contributed by atoms with Gasteiger partial charge in [-0.05, 0) is 12.5 Å². The Labute approximate surface area is 149 Å². The van der Waals surface area contributed by atoms with Crippen molar-refractivity contribution in [3.63, 3.8) is 0 Å². The van der Waals surface area contributed by atoms with Crippen molar-refractivity contribution in [3.8, 4) is 0 Å². The summed E-state index contributed by atoms with van der Waals surface area (Å²) in [5.74, 6) is -1.59. The second-order valence-corrected chi connectivity index (χ2v) is 5.87. The summed E-state index contributed by atoms with van der Waals surface area (Å²) in [5.41, 5.74) is 5.97. The third-order valence-corrected chi connectivity index (χ3v) is 3.33. The van der Waals surface area contributed by atoms with Crippen LogP contribution in [0.4, 0.5) is 0 Å². The van der Waals surface area contributed by atoms with E-state index in [1.54, 1.807) is 13.8 Å². The molecule has 3 N–H and O–H groups in total. The maximum absolute atomic E-state index is 11.5. The van der Waals surface area contributed by atoms with Crippen LogP contribution in [0.25, 0.3) is 6.08 Å². The lowest BCUT2D eigenvalue weighted by Crippen LogP contribution is -2.23. The highest BCUT2D eigenvalue weighted by Gasteiger charge is 2.26. The molecule has 0 radical (unpaired) electrons. The van der Waals surface area contributed by atoms with E-state index in [4.69, 9.17) is 15.6 Å². The number of benzene rings is 1. The van der Waals surface area contributed by atoms with Gasteiger partial charge in [-0.1, -0.05) is 69.5 Å². The first kappa shape index (κ1) is 22.3. The number of carboxylic acid groups (broad SMARTS) is 1. The van der Waals surface area contributed by atoms with Gasteiger partial charge in [0.15, 0.2) is 0 Å². The zero-order valence-corrected chi connectivity index (χ0v) is 15.1. The number of carbonyl (C=O) groups excluding carboxylic acids is 1. The Hall–Kier alpha value is -2.66. The smallest absolute Gasteiger partial charge is 0.334 e. The average Bonchev–Trinajstić information content (AvgIpc) is 2.59. The summed E-state index contributed by atoms with van der Waals surface area (Å²) in [6.45, 7) is 12.5. The maximum Gasteiger partial charge on any atom is 0.334 e. The van der Waals surface area contributed by atoms with E-state index in [1.807, 2.05) is 36.4 Å². The number of esters is 1. The van der Waals surface area contributed by atoms with Crippen molar-refractivity contribution >= 4 is 18.0 Å². The average molecular weight is 345 g/mol. The summed E-state index contributed by atoms with van der Waals surface area (Å²) in [7, 11) is 0. The van der Waals surface area contributed by atoms with Gasteiger partial charge in [-0.25, -0.2) is 9.59 Å². The molecule has 0 saturated carbocycles. The molecule has 5 nitrogen and oxygen atoms in total. The van der Waals surface area contributed by atoms with Crippen molar-refractivity contribution in [2.75, 3.05) is 13.2 Å². The van der Waals surface area contributed by atoms with Crippen LogP contribution in [-0.2, 0) is 14.3 Å². The molecule has 0 saturated heterocycles. The van der Waals surface area contributed by atoms with Crippen LogP contribution in [0, 0.1) is 5.41 Å². The van der Waals surface area contributed by atoms with Gasteiger partial charge in [0.1, 0.15) is 6.61 Å². The second-order valence-electron chi connectivity index (χ2n) is 5.87. The molecule has 0 aromatic heterocycles. The lowest BCUT2D eigenvalue weighted by Gasteiger charge is -2.22. The quantitative estimate of drug-likeness (QED) is 0.584. The highest BCUT2D eigenvalue weighted by molar-refractivity contribution is 5.91. The van der Waals surface area contributed by atoms with Gasteiger partial charge in [0.25, 0.3) is 0 Å². The molecule has 0 heterocycles. The van der Waals surface area contributed by atoms with Crippen LogP contribution in [0.1, 0.15) is 26.3 Å². The number of hydrogen-bond donors (Lipinski definition) is 2. The van der Waals surface area contributed by atoms with Gasteiger partial charge in [0, 0.05) is 23.1 Å². The summed E-state index contributed by atoms with van der Waals surface area (Å²) in [6.07, 6.45) is 3.31. The van der Waals surface area contributed by atoms with Gasteiger partial charge >= 0.3 is 11.9 Å². The van der Waals surface area contributed by atoms with Gasteiger partial charge in [0.2, 0.25) is 0 Å². The van der Waals surface area contributed by atoms with Gasteiger partial charge in [-0.15, -0.1) is 0 Å². The van der Waals surface area contributed by atoms with E-state index >= 15 is 0 Å². The van der Waals surface area contributed by atoms with Crippen LogP contribution in [0.5, 0.6) is 0 Å². The molecular weight excluding hydrogens is 318 g/mol. The van der Waals surface area contributed by atoms with Crippen LogP contribution in [0.15, 0.2) is 60.7 Å². The molecule has 0 bridgehead atoms. The van der Waals surface area contributed by atoms with E-state index < -0.39 is 17.4 Å². The van der Waals surface area contributed by atoms with Crippen molar-refractivity contribution in [2.24, 2.45) is 11.1 Å². The lowest BCUT2D eigenvalue weighted by atomic mass is 9.83. The van der Waals surface area contributed by atoms with E-state index in [0.717, 1.165) is 0 Å². The van der Waals surface area contributed by atoms with Crippen LogP contribution < -0.4 is 5.73 Å². The summed E-state index contributed by atoms with van der Waals surface area (Å²) >= 11 is 0. The Morgan fingerprint density at radius 2 is 1.84 bits per heavy atom. The largest absolute Gasteiger partial charge is 0.478 e. The van der Waals surface area contributed by atoms with E-state index in [9.17, 15) is 9.59 Å². The molecule has 0 atom stereocenters. The lowest BCUT2D eigenvalue weighted by molar-refractivity contribution is -0.139. The molecule has 5 heteroatoms. The zero-order valence-electron chi connectivity index (χ0n) is 15.1. The normalized spacial score (nSPS) is 11.0. The fourth-order valence-electron chi connectivity index (χ4n) is 1.78. The van der Waals surface area contributed by atoms with E-state index in [1.165, 1.54) is 18.6 Å². The first-order chi connectivity index (χ1) is 11.7. The van der Waals surface area contributed by atoms with E-state index in [0.29, 0.717) is 0 Å². The predicted molar refractivity (Wildman–Crippen MR) is 101 cm³/mol. The number of hydrogen-bond acceptors (Lipinski definition) is 4. The van der Waals surface area contributed by atoms with Crippen LogP contribution in [-0.4, -0.2) is 30.2 Å². The van der Waals surface area contributed by atoms with Crippen LogP contribution in [0.2, 0.25) is 0 Å². The third-order valence-electron chi connectivity index (χ3n) is 3.33. The predicted octanol–water partition coefficient (Wildman–Crippen LogP) is 3.43. The van der Waals surface area contributed by atoms with Gasteiger partial charge in [-0.3, -0.25) is 0 Å². The Kier molecular flexibility index (Phi) is 9.82. The van der Waals surface area contributed by atoms with Crippen LogP contribution in [0.3, 0.4) is 0 Å². The monoisotopic (exact) mass is 345 g/mol. The summed E-state index contributed by atoms with van der Waals surface area (Å²) in [6, 6.07) is 10.0. The first-order valence-corrected chi connectivity index (χ1v) is 7.82. The molecule has 25 heavy (non-hydrogen) atoms. The van der Waals surface area contributed by atoms with Crippen LogP contribution >= 0.6 is 0 Å². The molecule has 136 valence electrons. The minimum absolute atomic E-state index is 0.121. The van der Waals surface area contributed by atoms with Crippen molar-refractivity contribution in [3.05, 3.63) is 66.3 Å². The van der Waals surface area contributed by atoms with Crippen molar-refractivity contribution < 1.29 is 19.4 Å². The number of nitrogens with two attached hydrogens (primary N) is 1. The Morgan fingerprint density at radius 3 is 2.24 bits per heavy atom. The number of aliphatic carboxylic acids is 1. The number of rotatable bonds is 7. The summed E-state index contributed by atoms with van der Waals surface area (Å²) in [4.78, 5) is 22.3. The topological polar surface area (TPSA) is 89.6 Å². The van der Waals surface area contributed by atoms with E-state index in [-0.39, 0.29) is 24.3 Å². The minimum Gasteiger partial charge on any atom is -0.478 e. The molecule has 0 unspecified atom stereocenters. The molecule has 1 aromatic rings. The van der Waals surface area contributed by atoms with Gasteiger partial charge in [0.05, 0.1) is 0 Å². The highest BCUT2D eigenvalue weighted by atomic mass is 16.5. The first-order valence-electron chi connectivity index (χ1n) is 7.82. The maximum atomic E-state index is 11.5. The molecule has 0 fully saturated rings.